The molecule has 5 nitrogen and oxygen atoms in total. The molecule has 0 radical (unpaired) electrons. The molecule has 1 aromatic carbocycles. The van der Waals surface area contributed by atoms with Crippen LogP contribution in [0.1, 0.15) is 83.1 Å². The Balaban J connectivity index is 0.000000771. The van der Waals surface area contributed by atoms with Gasteiger partial charge in [0.1, 0.15) is 11.5 Å². The van der Waals surface area contributed by atoms with Gasteiger partial charge in [-0.2, -0.15) is 0 Å². The number of carbonyl (C=O) groups excluding carboxylic acids is 1. The zero-order valence-corrected chi connectivity index (χ0v) is 21.4. The lowest BCUT2D eigenvalue weighted by Gasteiger charge is -2.40. The highest BCUT2D eigenvalue weighted by Gasteiger charge is 2.78. The van der Waals surface area contributed by atoms with Crippen LogP contribution in [0.4, 0.5) is 4.39 Å². The van der Waals surface area contributed by atoms with Crippen molar-refractivity contribution in [2.24, 2.45) is 0 Å². The fraction of sp³-hybridized carbons (Fsp3) is 0.429. The van der Waals surface area contributed by atoms with Crippen LogP contribution in [-0.4, -0.2) is 11.0 Å². The summed E-state index contributed by atoms with van der Waals surface area (Å²) in [5.74, 6) is -1.85. The number of esters is 1. The molecule has 0 saturated carbocycles. The number of pyridine rings is 1. The maximum absolute atomic E-state index is 14.6. The molecule has 2 aromatic heterocycles. The molecule has 0 N–H and O–H groups in total. The van der Waals surface area contributed by atoms with Crippen molar-refractivity contribution in [3.8, 4) is 11.3 Å². The Morgan fingerprint density at radius 3 is 2.32 bits per heavy atom. The molecular formula is C28H36FN3O2+2. The minimum atomic E-state index is -1.17. The Kier molecular flexibility index (Phi) is 7.49. The topological polar surface area (TPSA) is 47.0 Å². The van der Waals surface area contributed by atoms with E-state index in [1.54, 1.807) is 18.3 Å². The van der Waals surface area contributed by atoms with Crippen LogP contribution < -0.4 is 9.13 Å². The number of aromatic nitrogens is 3. The van der Waals surface area contributed by atoms with E-state index in [-0.39, 0.29) is 11.8 Å². The summed E-state index contributed by atoms with van der Waals surface area (Å²) in [5.41, 5.74) is 3.36. The SMILES string of the molecule is CC.CC.CCc1ncc[n+]2c1-c1ccc(F)cc1C(CC)(CC)C21OC(=O)c2cccc[n+]21. The van der Waals surface area contributed by atoms with E-state index < -0.39 is 11.3 Å². The van der Waals surface area contributed by atoms with Gasteiger partial charge in [0.05, 0.1) is 11.8 Å². The number of carbonyl (C=O) groups is 1. The van der Waals surface area contributed by atoms with E-state index >= 15 is 0 Å². The van der Waals surface area contributed by atoms with Gasteiger partial charge in [0.15, 0.2) is 17.8 Å². The maximum Gasteiger partial charge on any atom is 0.538 e. The largest absolute Gasteiger partial charge is 0.538 e. The molecule has 180 valence electrons. The minimum Gasteiger partial charge on any atom is -0.334 e. The number of nitrogens with zero attached hydrogens (tertiary/aromatic N) is 3. The van der Waals surface area contributed by atoms with Gasteiger partial charge in [-0.15, -0.1) is 0 Å². The number of benzene rings is 1. The van der Waals surface area contributed by atoms with Crippen molar-refractivity contribution in [2.45, 2.75) is 79.0 Å². The van der Waals surface area contributed by atoms with Crippen molar-refractivity contribution in [3.63, 3.8) is 0 Å². The fourth-order valence-electron chi connectivity index (χ4n) is 5.48. The molecule has 0 aliphatic carbocycles. The summed E-state index contributed by atoms with van der Waals surface area (Å²) >= 11 is 0. The number of hydrogen-bond donors (Lipinski definition) is 0. The number of fused-ring (bicyclic) bond motifs is 6. The third-order valence-electron chi connectivity index (χ3n) is 6.84. The molecule has 1 atom stereocenters. The van der Waals surface area contributed by atoms with E-state index in [0.717, 1.165) is 22.5 Å². The van der Waals surface area contributed by atoms with Crippen LogP contribution in [0.15, 0.2) is 55.0 Å². The summed E-state index contributed by atoms with van der Waals surface area (Å²) in [7, 11) is 0. The number of hydrogen-bond acceptors (Lipinski definition) is 3. The number of aryl methyl sites for hydroxylation is 1. The lowest BCUT2D eigenvalue weighted by Crippen LogP contribution is -2.82. The Morgan fingerprint density at radius 2 is 1.68 bits per heavy atom. The van der Waals surface area contributed by atoms with Crippen LogP contribution in [0.3, 0.4) is 0 Å². The van der Waals surface area contributed by atoms with E-state index in [4.69, 9.17) is 4.74 Å². The molecule has 5 rings (SSSR count). The smallest absolute Gasteiger partial charge is 0.334 e. The van der Waals surface area contributed by atoms with Gasteiger partial charge >= 0.3 is 17.5 Å². The van der Waals surface area contributed by atoms with Crippen molar-refractivity contribution < 1.29 is 23.1 Å². The van der Waals surface area contributed by atoms with Crippen LogP contribution >= 0.6 is 0 Å². The van der Waals surface area contributed by atoms with E-state index in [1.165, 1.54) is 6.07 Å². The third-order valence-corrected chi connectivity index (χ3v) is 6.84. The van der Waals surface area contributed by atoms with E-state index in [0.29, 0.717) is 25.0 Å². The molecule has 4 heterocycles. The van der Waals surface area contributed by atoms with Gasteiger partial charge in [0.25, 0.3) is 0 Å². The fourth-order valence-corrected chi connectivity index (χ4v) is 5.48. The second-order valence-corrected chi connectivity index (χ2v) is 7.88. The van der Waals surface area contributed by atoms with Gasteiger partial charge in [-0.1, -0.05) is 57.6 Å². The molecule has 1 unspecified atom stereocenters. The molecule has 2 aliphatic rings. The van der Waals surface area contributed by atoms with Gasteiger partial charge in [0.2, 0.25) is 5.69 Å². The summed E-state index contributed by atoms with van der Waals surface area (Å²) < 4.78 is 24.9. The first-order chi connectivity index (χ1) is 16.5. The molecule has 0 saturated heterocycles. The highest BCUT2D eigenvalue weighted by molar-refractivity contribution is 5.87. The van der Waals surface area contributed by atoms with E-state index in [2.05, 4.69) is 18.8 Å². The van der Waals surface area contributed by atoms with Crippen LogP contribution in [0.25, 0.3) is 11.3 Å². The third kappa shape index (κ3) is 3.26. The summed E-state index contributed by atoms with van der Waals surface area (Å²) in [6.45, 7) is 14.2. The first-order valence-electron chi connectivity index (χ1n) is 12.5. The Labute approximate surface area is 202 Å². The predicted molar refractivity (Wildman–Crippen MR) is 130 cm³/mol. The minimum absolute atomic E-state index is 0.298. The molecule has 3 aromatic rings. The van der Waals surface area contributed by atoms with Gasteiger partial charge in [-0.3, -0.25) is 0 Å². The van der Waals surface area contributed by atoms with Gasteiger partial charge in [-0.05, 0) is 49.1 Å². The van der Waals surface area contributed by atoms with Crippen LogP contribution in [0, 0.1) is 5.82 Å². The molecule has 0 amide bonds. The summed E-state index contributed by atoms with van der Waals surface area (Å²) in [5, 5.41) is 0. The number of ether oxygens (including phenoxy) is 1. The molecule has 2 aliphatic heterocycles. The second-order valence-electron chi connectivity index (χ2n) is 7.88. The Morgan fingerprint density at radius 1 is 0.971 bits per heavy atom. The lowest BCUT2D eigenvalue weighted by molar-refractivity contribution is -1.03. The zero-order chi connectivity index (χ0) is 25.1. The molecule has 0 bridgehead atoms. The number of halogens is 1. The first kappa shape index (κ1) is 25.5. The zero-order valence-electron chi connectivity index (χ0n) is 21.4. The molecular weight excluding hydrogens is 429 g/mol. The number of rotatable bonds is 3. The predicted octanol–water partition coefficient (Wildman–Crippen LogP) is 5.48. The van der Waals surface area contributed by atoms with Crippen molar-refractivity contribution >= 4 is 5.97 Å². The standard InChI is InChI=1S/C24H24FN3O2.2C2H6/c1-4-19-21-17-11-10-16(25)15-18(17)23(5-2,6-3)24(28(21)14-12-26-19)27-13-8-7-9-20(27)22(29)30-24;2*1-2/h7-15H,4-6H2,1-3H3;2*1-2H3/q+2;;. The second kappa shape index (κ2) is 10.00. The first-order valence-corrected chi connectivity index (χ1v) is 12.5. The molecule has 34 heavy (non-hydrogen) atoms. The summed E-state index contributed by atoms with van der Waals surface area (Å²) in [6.07, 6.45) is 7.53. The lowest BCUT2D eigenvalue weighted by atomic mass is 9.66. The van der Waals surface area contributed by atoms with Gasteiger partial charge in [0, 0.05) is 12.1 Å². The maximum atomic E-state index is 14.6. The van der Waals surface area contributed by atoms with Gasteiger partial charge < -0.3 is 4.74 Å². The molecule has 6 heteroatoms. The van der Waals surface area contributed by atoms with E-state index in [1.807, 2.05) is 74.3 Å². The normalized spacial score (nSPS) is 18.4. The average molecular weight is 466 g/mol. The van der Waals surface area contributed by atoms with Crippen molar-refractivity contribution in [1.82, 2.24) is 4.98 Å². The van der Waals surface area contributed by atoms with Crippen LogP contribution in [0.2, 0.25) is 0 Å². The Bertz CT molecular complexity index is 1190. The average Bonchev–Trinajstić information content (AvgIpc) is 3.20. The molecule has 0 fully saturated rings. The summed E-state index contributed by atoms with van der Waals surface area (Å²) in [4.78, 5) is 17.7. The monoisotopic (exact) mass is 465 g/mol. The van der Waals surface area contributed by atoms with Crippen LogP contribution in [0.5, 0.6) is 0 Å². The van der Waals surface area contributed by atoms with Crippen LogP contribution in [-0.2, 0) is 22.4 Å². The van der Waals surface area contributed by atoms with Crippen molar-refractivity contribution in [3.05, 3.63) is 77.8 Å². The quantitative estimate of drug-likeness (QED) is 0.380. The molecule has 1 spiro atoms. The highest BCUT2D eigenvalue weighted by atomic mass is 19.1. The highest BCUT2D eigenvalue weighted by Crippen LogP contribution is 2.51. The van der Waals surface area contributed by atoms with E-state index in [9.17, 15) is 9.18 Å². The van der Waals surface area contributed by atoms with Crippen molar-refractivity contribution in [2.75, 3.05) is 0 Å². The van der Waals surface area contributed by atoms with Crippen molar-refractivity contribution in [1.29, 1.82) is 0 Å². The summed E-state index contributed by atoms with van der Waals surface area (Å²) in [6, 6.07) is 10.4. The van der Waals surface area contributed by atoms with Gasteiger partial charge in [-0.25, -0.2) is 14.2 Å². The Hall–Kier alpha value is -3.15.